The van der Waals surface area contributed by atoms with E-state index in [-0.39, 0.29) is 16.9 Å². The molecule has 0 saturated heterocycles. The molecule has 0 spiro atoms. The minimum atomic E-state index is -0.354. The van der Waals surface area contributed by atoms with Crippen molar-refractivity contribution in [1.82, 2.24) is 4.98 Å². The van der Waals surface area contributed by atoms with Crippen molar-refractivity contribution >= 4 is 17.8 Å². The number of nitrogens with zero attached hydrogens (tertiary/aromatic N) is 1. The molecule has 1 aromatic heterocycles. The van der Waals surface area contributed by atoms with Crippen LogP contribution in [0.25, 0.3) is 0 Å². The molecule has 2 rings (SSSR count). The molecule has 0 saturated carbocycles. The zero-order valence-electron chi connectivity index (χ0n) is 10.4. The Kier molecular flexibility index (Phi) is 4.02. The quantitative estimate of drug-likeness (QED) is 0.847. The van der Waals surface area contributed by atoms with Gasteiger partial charge in [0, 0.05) is 16.9 Å². The molecule has 5 heteroatoms. The van der Waals surface area contributed by atoms with Gasteiger partial charge in [-0.15, -0.1) is 0 Å². The lowest BCUT2D eigenvalue weighted by molar-refractivity contribution is 0.472. The maximum atomic E-state index is 11.6. The summed E-state index contributed by atoms with van der Waals surface area (Å²) in [5, 5.41) is 10.3. The third kappa shape index (κ3) is 3.45. The Bertz CT molecular complexity index is 677. The van der Waals surface area contributed by atoms with Gasteiger partial charge in [-0.25, -0.2) is 0 Å². The molecule has 98 valence electrons. The minimum absolute atomic E-state index is 0.0731. The first-order chi connectivity index (χ1) is 9.06. The zero-order valence-corrected chi connectivity index (χ0v) is 11.1. The first-order valence-electron chi connectivity index (χ1n) is 5.73. The molecule has 0 atom stereocenters. The third-order valence-electron chi connectivity index (χ3n) is 2.57. The molecule has 4 nitrogen and oxygen atoms in total. The molecule has 0 unspecified atom stereocenters. The van der Waals surface area contributed by atoms with Gasteiger partial charge in [0.2, 0.25) is 0 Å². The van der Waals surface area contributed by atoms with Gasteiger partial charge in [-0.1, -0.05) is 23.7 Å². The summed E-state index contributed by atoms with van der Waals surface area (Å²) in [7, 11) is 0. The Hall–Kier alpha value is -2.07. The molecule has 0 amide bonds. The van der Waals surface area contributed by atoms with E-state index in [9.17, 15) is 9.90 Å². The number of benzene rings is 1. The van der Waals surface area contributed by atoms with Gasteiger partial charge in [-0.2, -0.15) is 0 Å². The number of aromatic nitrogens is 1. The third-order valence-corrected chi connectivity index (χ3v) is 2.80. The van der Waals surface area contributed by atoms with Gasteiger partial charge < -0.3 is 10.1 Å². The van der Waals surface area contributed by atoms with Gasteiger partial charge >= 0.3 is 0 Å². The Labute approximate surface area is 115 Å². The average Bonchev–Trinajstić information content (AvgIpc) is 2.32. The van der Waals surface area contributed by atoms with Crippen molar-refractivity contribution in [2.24, 2.45) is 4.99 Å². The lowest BCUT2D eigenvalue weighted by Crippen LogP contribution is -2.13. The summed E-state index contributed by atoms with van der Waals surface area (Å²) in [5.41, 5.74) is 1.35. The predicted octanol–water partition coefficient (Wildman–Crippen LogP) is 2.66. The zero-order chi connectivity index (χ0) is 13.8. The van der Waals surface area contributed by atoms with Crippen molar-refractivity contribution in [3.05, 3.63) is 62.5 Å². The van der Waals surface area contributed by atoms with Gasteiger partial charge in [0.25, 0.3) is 5.56 Å². The normalized spacial score (nSPS) is 11.1. The number of aromatic amines is 1. The van der Waals surface area contributed by atoms with Crippen molar-refractivity contribution in [2.45, 2.75) is 13.5 Å². The van der Waals surface area contributed by atoms with Crippen molar-refractivity contribution in [2.75, 3.05) is 0 Å². The summed E-state index contributed by atoms with van der Waals surface area (Å²) in [6.45, 7) is 2.10. The van der Waals surface area contributed by atoms with Gasteiger partial charge in [-0.3, -0.25) is 9.79 Å². The molecule has 0 fully saturated rings. The Morgan fingerprint density at radius 2 is 2.21 bits per heavy atom. The molecule has 0 bridgehead atoms. The molecule has 1 aromatic carbocycles. The number of nitrogens with one attached hydrogen (secondary N) is 1. The van der Waals surface area contributed by atoms with Gasteiger partial charge in [0.15, 0.2) is 0 Å². The summed E-state index contributed by atoms with van der Waals surface area (Å²) in [4.78, 5) is 18.4. The second-order valence-electron chi connectivity index (χ2n) is 4.18. The van der Waals surface area contributed by atoms with Crippen LogP contribution < -0.4 is 5.56 Å². The minimum Gasteiger partial charge on any atom is -0.507 e. The maximum Gasteiger partial charge on any atom is 0.260 e. The number of aryl methyl sites for hydroxylation is 1. The van der Waals surface area contributed by atoms with E-state index in [1.807, 2.05) is 12.1 Å². The number of aliphatic imine (C=N–C) groups is 1. The van der Waals surface area contributed by atoms with Crippen molar-refractivity contribution in [3.8, 4) is 5.75 Å². The van der Waals surface area contributed by atoms with E-state index in [1.54, 1.807) is 19.1 Å². The lowest BCUT2D eigenvalue weighted by atomic mass is 10.2. The van der Waals surface area contributed by atoms with Crippen LogP contribution in [0, 0.1) is 6.92 Å². The summed E-state index contributed by atoms with van der Waals surface area (Å²) in [6.07, 6.45) is 1.37. The van der Waals surface area contributed by atoms with Crippen LogP contribution in [0.5, 0.6) is 5.75 Å². The molecular weight excluding hydrogens is 264 g/mol. The molecule has 0 radical (unpaired) electrons. The first-order valence-corrected chi connectivity index (χ1v) is 6.11. The fraction of sp³-hybridized carbons (Fsp3) is 0.143. The SMILES string of the molecule is Cc1cc(O)c(C=NCc2cccc(Cl)c2)c(=O)[nH]1. The number of halogens is 1. The van der Waals surface area contributed by atoms with Crippen LogP contribution in [-0.2, 0) is 6.54 Å². The van der Waals surface area contributed by atoms with Crippen LogP contribution in [0.3, 0.4) is 0 Å². The molecule has 19 heavy (non-hydrogen) atoms. The van der Waals surface area contributed by atoms with Gasteiger partial charge in [0.1, 0.15) is 5.75 Å². The predicted molar refractivity (Wildman–Crippen MR) is 76.2 cm³/mol. The smallest absolute Gasteiger partial charge is 0.260 e. The van der Waals surface area contributed by atoms with E-state index in [2.05, 4.69) is 9.98 Å². The standard InChI is InChI=1S/C14H13ClN2O2/c1-9-5-13(18)12(14(19)17-9)8-16-7-10-3-2-4-11(15)6-10/h2-6,8H,7H2,1H3,(H2,17,18,19). The van der Waals surface area contributed by atoms with E-state index in [4.69, 9.17) is 11.6 Å². The number of hydrogen-bond acceptors (Lipinski definition) is 3. The van der Waals surface area contributed by atoms with Gasteiger partial charge in [0.05, 0.1) is 12.1 Å². The van der Waals surface area contributed by atoms with Gasteiger partial charge in [-0.05, 0) is 30.7 Å². The Morgan fingerprint density at radius 1 is 1.42 bits per heavy atom. The second-order valence-corrected chi connectivity index (χ2v) is 4.62. The average molecular weight is 277 g/mol. The topological polar surface area (TPSA) is 65.5 Å². The van der Waals surface area contributed by atoms with Crippen LogP contribution in [-0.4, -0.2) is 16.3 Å². The van der Waals surface area contributed by atoms with E-state index in [0.717, 1.165) is 5.56 Å². The highest BCUT2D eigenvalue weighted by Gasteiger charge is 2.04. The highest BCUT2D eigenvalue weighted by atomic mass is 35.5. The van der Waals surface area contributed by atoms with E-state index in [0.29, 0.717) is 17.3 Å². The Morgan fingerprint density at radius 3 is 2.89 bits per heavy atom. The fourth-order valence-corrected chi connectivity index (χ4v) is 1.90. The number of H-pyrrole nitrogens is 1. The first kappa shape index (κ1) is 13.4. The van der Waals surface area contributed by atoms with Crippen LogP contribution in [0.4, 0.5) is 0 Å². The lowest BCUT2D eigenvalue weighted by Gasteiger charge is -2.00. The molecule has 1 heterocycles. The molecular formula is C14H13ClN2O2. The van der Waals surface area contributed by atoms with Crippen molar-refractivity contribution < 1.29 is 5.11 Å². The van der Waals surface area contributed by atoms with Crippen molar-refractivity contribution in [3.63, 3.8) is 0 Å². The van der Waals surface area contributed by atoms with E-state index in [1.165, 1.54) is 12.3 Å². The number of pyridine rings is 1. The highest BCUT2D eigenvalue weighted by Crippen LogP contribution is 2.13. The molecule has 2 aromatic rings. The van der Waals surface area contributed by atoms with E-state index < -0.39 is 0 Å². The second kappa shape index (κ2) is 5.71. The van der Waals surface area contributed by atoms with Crippen molar-refractivity contribution in [1.29, 1.82) is 0 Å². The van der Waals surface area contributed by atoms with Crippen LogP contribution in [0.2, 0.25) is 5.02 Å². The number of aromatic hydroxyl groups is 1. The summed E-state index contributed by atoms with van der Waals surface area (Å²) in [5.74, 6) is -0.0731. The molecule has 0 aliphatic rings. The maximum absolute atomic E-state index is 11.6. The monoisotopic (exact) mass is 276 g/mol. The molecule has 2 N–H and O–H groups in total. The summed E-state index contributed by atoms with van der Waals surface area (Å²) < 4.78 is 0. The largest absolute Gasteiger partial charge is 0.507 e. The Balaban J connectivity index is 2.18. The van der Waals surface area contributed by atoms with Crippen LogP contribution >= 0.6 is 11.6 Å². The number of hydrogen-bond donors (Lipinski definition) is 2. The molecule has 0 aliphatic heterocycles. The fourth-order valence-electron chi connectivity index (χ4n) is 1.68. The molecule has 0 aliphatic carbocycles. The van der Waals surface area contributed by atoms with Crippen LogP contribution in [0.1, 0.15) is 16.8 Å². The summed E-state index contributed by atoms with van der Waals surface area (Å²) >= 11 is 5.86. The highest BCUT2D eigenvalue weighted by molar-refractivity contribution is 6.30. The number of rotatable bonds is 3. The van der Waals surface area contributed by atoms with Crippen LogP contribution in [0.15, 0.2) is 40.1 Å². The van der Waals surface area contributed by atoms with E-state index >= 15 is 0 Å². The summed E-state index contributed by atoms with van der Waals surface area (Å²) in [6, 6.07) is 8.80.